The van der Waals surface area contributed by atoms with E-state index in [2.05, 4.69) is 11.9 Å². The first-order valence-electron chi connectivity index (χ1n) is 4.24. The van der Waals surface area contributed by atoms with Gasteiger partial charge in [-0.2, -0.15) is 0 Å². The fraction of sp³-hybridized carbons (Fsp3) is 0.778. The van der Waals surface area contributed by atoms with Gasteiger partial charge in [-0.05, 0) is 37.6 Å². The Bertz CT molecular complexity index is 147. The van der Waals surface area contributed by atoms with Crippen molar-refractivity contribution in [3.63, 3.8) is 0 Å². The van der Waals surface area contributed by atoms with Crippen LogP contribution in [-0.2, 0) is 0 Å². The molecule has 56 valence electrons. The van der Waals surface area contributed by atoms with E-state index in [1.54, 1.807) is 0 Å². The molecule has 2 bridgehead atoms. The van der Waals surface area contributed by atoms with Crippen molar-refractivity contribution >= 4 is 0 Å². The van der Waals surface area contributed by atoms with E-state index in [4.69, 9.17) is 0 Å². The zero-order valence-corrected chi connectivity index (χ0v) is 6.40. The van der Waals surface area contributed by atoms with Crippen molar-refractivity contribution in [1.29, 1.82) is 0 Å². The molecule has 0 aromatic carbocycles. The SMILES string of the molecule is C=C1CC2CCC1CNC2. The van der Waals surface area contributed by atoms with Gasteiger partial charge in [0.1, 0.15) is 0 Å². The molecule has 0 radical (unpaired) electrons. The molecule has 2 unspecified atom stereocenters. The van der Waals surface area contributed by atoms with Crippen molar-refractivity contribution < 1.29 is 0 Å². The second kappa shape index (κ2) is 2.39. The molecular formula is C9H15N. The summed E-state index contributed by atoms with van der Waals surface area (Å²) in [6.07, 6.45) is 4.10. The van der Waals surface area contributed by atoms with Crippen LogP contribution in [0.4, 0.5) is 0 Å². The first-order chi connectivity index (χ1) is 4.86. The monoisotopic (exact) mass is 137 g/mol. The lowest BCUT2D eigenvalue weighted by Crippen LogP contribution is -2.19. The normalized spacial score (nSPS) is 39.8. The molecule has 1 N–H and O–H groups in total. The maximum Gasteiger partial charge on any atom is 0.00169 e. The van der Waals surface area contributed by atoms with Crippen LogP contribution >= 0.6 is 0 Å². The fourth-order valence-corrected chi connectivity index (χ4v) is 2.16. The van der Waals surface area contributed by atoms with E-state index in [1.807, 2.05) is 0 Å². The van der Waals surface area contributed by atoms with Gasteiger partial charge in [-0.3, -0.25) is 0 Å². The molecule has 0 spiro atoms. The average molecular weight is 137 g/mol. The number of fused-ring (bicyclic) bond motifs is 4. The molecule has 10 heavy (non-hydrogen) atoms. The smallest absolute Gasteiger partial charge is 0.00169 e. The zero-order chi connectivity index (χ0) is 6.97. The van der Waals surface area contributed by atoms with Gasteiger partial charge < -0.3 is 5.32 Å². The van der Waals surface area contributed by atoms with Crippen LogP contribution in [0, 0.1) is 11.8 Å². The molecule has 3 fully saturated rings. The molecule has 3 aliphatic rings. The lowest BCUT2D eigenvalue weighted by atomic mass is 9.81. The summed E-state index contributed by atoms with van der Waals surface area (Å²) in [6.45, 7) is 6.54. The minimum Gasteiger partial charge on any atom is -0.316 e. The lowest BCUT2D eigenvalue weighted by Gasteiger charge is -2.24. The summed E-state index contributed by atoms with van der Waals surface area (Å²) >= 11 is 0. The molecule has 2 aliphatic heterocycles. The van der Waals surface area contributed by atoms with E-state index >= 15 is 0 Å². The van der Waals surface area contributed by atoms with Crippen molar-refractivity contribution in [1.82, 2.24) is 5.32 Å². The Balaban J connectivity index is 2.15. The molecular weight excluding hydrogens is 122 g/mol. The third kappa shape index (κ3) is 0.988. The van der Waals surface area contributed by atoms with Crippen LogP contribution in [0.1, 0.15) is 19.3 Å². The molecule has 1 aliphatic carbocycles. The minimum absolute atomic E-state index is 0.804. The standard InChI is InChI=1S/C9H15N/c1-7-4-8-2-3-9(7)6-10-5-8/h8-10H,1-6H2. The van der Waals surface area contributed by atoms with Gasteiger partial charge in [0.15, 0.2) is 0 Å². The van der Waals surface area contributed by atoms with E-state index in [0.717, 1.165) is 11.8 Å². The van der Waals surface area contributed by atoms with Crippen molar-refractivity contribution in [3.8, 4) is 0 Å². The summed E-state index contributed by atoms with van der Waals surface area (Å²) in [7, 11) is 0. The van der Waals surface area contributed by atoms with Gasteiger partial charge in [-0.25, -0.2) is 0 Å². The Hall–Kier alpha value is -0.300. The molecule has 2 saturated heterocycles. The maximum absolute atomic E-state index is 4.12. The van der Waals surface area contributed by atoms with Crippen LogP contribution in [0.5, 0.6) is 0 Å². The van der Waals surface area contributed by atoms with Crippen LogP contribution in [0.3, 0.4) is 0 Å². The molecule has 1 nitrogen and oxygen atoms in total. The molecule has 1 saturated carbocycles. The molecule has 2 atom stereocenters. The van der Waals surface area contributed by atoms with Crippen LogP contribution < -0.4 is 5.32 Å². The molecule has 0 amide bonds. The predicted octanol–water partition coefficient (Wildman–Crippen LogP) is 1.56. The molecule has 0 aromatic heterocycles. The molecule has 1 heteroatoms. The van der Waals surface area contributed by atoms with Gasteiger partial charge >= 0.3 is 0 Å². The average Bonchev–Trinajstić information content (AvgIpc) is 2.20. The van der Waals surface area contributed by atoms with Crippen LogP contribution in [-0.4, -0.2) is 13.1 Å². The van der Waals surface area contributed by atoms with Gasteiger partial charge in [-0.1, -0.05) is 12.2 Å². The Morgan fingerprint density at radius 1 is 1.30 bits per heavy atom. The van der Waals surface area contributed by atoms with Crippen LogP contribution in [0.2, 0.25) is 0 Å². The summed E-state index contributed by atoms with van der Waals surface area (Å²) < 4.78 is 0. The summed E-state index contributed by atoms with van der Waals surface area (Å²) in [5.41, 5.74) is 1.50. The van der Waals surface area contributed by atoms with E-state index < -0.39 is 0 Å². The molecule has 0 aromatic rings. The van der Waals surface area contributed by atoms with E-state index in [1.165, 1.54) is 37.9 Å². The summed E-state index contributed by atoms with van der Waals surface area (Å²) in [4.78, 5) is 0. The van der Waals surface area contributed by atoms with Crippen molar-refractivity contribution in [3.05, 3.63) is 12.2 Å². The van der Waals surface area contributed by atoms with E-state index in [-0.39, 0.29) is 0 Å². The summed E-state index contributed by atoms with van der Waals surface area (Å²) in [5.74, 6) is 1.71. The number of hydrogen-bond acceptors (Lipinski definition) is 1. The highest BCUT2D eigenvalue weighted by atomic mass is 14.9. The minimum atomic E-state index is 0.804. The number of hydrogen-bond donors (Lipinski definition) is 1. The second-order valence-corrected chi connectivity index (χ2v) is 3.66. The zero-order valence-electron chi connectivity index (χ0n) is 6.40. The number of nitrogens with one attached hydrogen (secondary N) is 1. The molecule has 3 rings (SSSR count). The van der Waals surface area contributed by atoms with Gasteiger partial charge in [0, 0.05) is 6.54 Å². The van der Waals surface area contributed by atoms with Gasteiger partial charge in [0.25, 0.3) is 0 Å². The highest BCUT2D eigenvalue weighted by Crippen LogP contribution is 2.33. The van der Waals surface area contributed by atoms with Gasteiger partial charge in [0.05, 0.1) is 0 Å². The van der Waals surface area contributed by atoms with Crippen molar-refractivity contribution in [2.45, 2.75) is 19.3 Å². The lowest BCUT2D eigenvalue weighted by molar-refractivity contribution is 0.406. The van der Waals surface area contributed by atoms with Crippen molar-refractivity contribution in [2.24, 2.45) is 11.8 Å². The van der Waals surface area contributed by atoms with Crippen LogP contribution in [0.15, 0.2) is 12.2 Å². The highest BCUT2D eigenvalue weighted by Gasteiger charge is 2.26. The second-order valence-electron chi connectivity index (χ2n) is 3.66. The quantitative estimate of drug-likeness (QED) is 0.500. The largest absolute Gasteiger partial charge is 0.316 e. The number of rotatable bonds is 0. The maximum atomic E-state index is 4.12. The summed E-state index contributed by atoms with van der Waals surface area (Å²) in [6, 6.07) is 0. The first kappa shape index (κ1) is 6.41. The third-order valence-corrected chi connectivity index (χ3v) is 2.88. The Labute approximate surface area is 62.5 Å². The Morgan fingerprint density at radius 3 is 3.00 bits per heavy atom. The third-order valence-electron chi connectivity index (χ3n) is 2.88. The van der Waals surface area contributed by atoms with Crippen molar-refractivity contribution in [2.75, 3.05) is 13.1 Å². The Kier molecular flexibility index (Phi) is 1.53. The molecule has 2 heterocycles. The highest BCUT2D eigenvalue weighted by molar-refractivity contribution is 5.08. The van der Waals surface area contributed by atoms with Gasteiger partial charge in [-0.15, -0.1) is 0 Å². The first-order valence-corrected chi connectivity index (χ1v) is 4.24. The van der Waals surface area contributed by atoms with E-state index in [9.17, 15) is 0 Å². The predicted molar refractivity (Wildman–Crippen MR) is 42.8 cm³/mol. The topological polar surface area (TPSA) is 12.0 Å². The fourth-order valence-electron chi connectivity index (χ4n) is 2.16. The van der Waals surface area contributed by atoms with E-state index in [0.29, 0.717) is 0 Å². The summed E-state index contributed by atoms with van der Waals surface area (Å²) in [5, 5.41) is 3.48. The Morgan fingerprint density at radius 2 is 2.20 bits per heavy atom. The van der Waals surface area contributed by atoms with Crippen LogP contribution in [0.25, 0.3) is 0 Å². The van der Waals surface area contributed by atoms with Gasteiger partial charge in [0.2, 0.25) is 0 Å².